The first-order chi connectivity index (χ1) is 18.8. The number of halogens is 1. The minimum absolute atomic E-state index is 0.0157. The number of unbranched alkanes of at least 4 members (excludes halogenated alkanes) is 3. The van der Waals surface area contributed by atoms with Crippen LogP contribution in [0.15, 0.2) is 36.4 Å². The summed E-state index contributed by atoms with van der Waals surface area (Å²) in [5.74, 6) is 0.0127. The molecule has 1 aromatic rings. The van der Waals surface area contributed by atoms with E-state index in [1.165, 1.54) is 19.6 Å². The van der Waals surface area contributed by atoms with Gasteiger partial charge in [0.1, 0.15) is 6.10 Å². The van der Waals surface area contributed by atoms with Gasteiger partial charge in [-0.1, -0.05) is 77.0 Å². The molecule has 0 radical (unpaired) electrons. The lowest BCUT2D eigenvalue weighted by Gasteiger charge is -2.40. The Bertz CT molecular complexity index is 953. The Kier molecular flexibility index (Phi) is 13.9. The normalized spacial score (nSPS) is 22.4. The molecule has 1 aliphatic carbocycles. The second-order valence-electron chi connectivity index (χ2n) is 12.8. The zero-order valence-corrected chi connectivity index (χ0v) is 27.9. The number of methoxy groups -OCH3 is 1. The predicted octanol–water partition coefficient (Wildman–Crippen LogP) is 9.26. The van der Waals surface area contributed by atoms with Crippen LogP contribution in [-0.2, 0) is 23.5 Å². The van der Waals surface area contributed by atoms with Gasteiger partial charge in [0.15, 0.2) is 8.32 Å². The Morgan fingerprint density at radius 1 is 1.10 bits per heavy atom. The summed E-state index contributed by atoms with van der Waals surface area (Å²) in [5.41, 5.74) is 2.27. The second-order valence-corrected chi connectivity index (χ2v) is 18.1. The van der Waals surface area contributed by atoms with Gasteiger partial charge in [0.05, 0.1) is 13.2 Å². The van der Waals surface area contributed by atoms with E-state index in [4.69, 9.17) is 25.5 Å². The summed E-state index contributed by atoms with van der Waals surface area (Å²) in [6, 6.07) is 8.64. The van der Waals surface area contributed by atoms with E-state index in [-0.39, 0.29) is 46.4 Å². The Labute approximate surface area is 249 Å². The summed E-state index contributed by atoms with van der Waals surface area (Å²) < 4.78 is 17.5. The van der Waals surface area contributed by atoms with Crippen LogP contribution in [0.25, 0.3) is 0 Å². The molecular weight excluding hydrogens is 540 g/mol. The molecular formula is C33H53ClO5Si. The number of ether oxygens (including phenoxy) is 2. The van der Waals surface area contributed by atoms with E-state index in [9.17, 15) is 9.59 Å². The minimum atomic E-state index is -2.01. The van der Waals surface area contributed by atoms with Crippen molar-refractivity contribution in [1.29, 1.82) is 0 Å². The number of hydrogen-bond donors (Lipinski definition) is 0. The lowest BCUT2D eigenvalue weighted by atomic mass is 9.84. The van der Waals surface area contributed by atoms with E-state index in [0.717, 1.165) is 56.9 Å². The highest BCUT2D eigenvalue weighted by atomic mass is 35.5. The third-order valence-electron chi connectivity index (χ3n) is 8.66. The first-order valence-electron chi connectivity index (χ1n) is 15.1. The van der Waals surface area contributed by atoms with Crippen molar-refractivity contribution in [2.45, 2.75) is 134 Å². The van der Waals surface area contributed by atoms with Gasteiger partial charge in [-0.25, -0.2) is 0 Å². The summed E-state index contributed by atoms with van der Waals surface area (Å²) >= 11 is 7.05. The van der Waals surface area contributed by atoms with Gasteiger partial charge in [-0.15, -0.1) is 11.6 Å². The third kappa shape index (κ3) is 10.3. The van der Waals surface area contributed by atoms with E-state index < -0.39 is 8.32 Å². The zero-order chi connectivity index (χ0) is 29.9. The van der Waals surface area contributed by atoms with E-state index in [1.807, 2.05) is 0 Å². The van der Waals surface area contributed by atoms with Crippen molar-refractivity contribution < 1.29 is 23.5 Å². The zero-order valence-electron chi connectivity index (χ0n) is 26.1. The SMILES string of the molecule is CCCCCC(OC(C)=O)c1ccc([C@@H]2C(CC=CCCCC(=O)OC)[C@H](Cl)C[C@H]2O[Si](C)(C)C(C)(C)C)cc1. The molecule has 0 spiro atoms. The van der Waals surface area contributed by atoms with Gasteiger partial charge in [0, 0.05) is 24.6 Å². The molecule has 0 bridgehead atoms. The molecule has 1 saturated carbocycles. The van der Waals surface area contributed by atoms with Crippen molar-refractivity contribution in [3.63, 3.8) is 0 Å². The number of carbonyl (C=O) groups excluding carboxylic acids is 2. The van der Waals surface area contributed by atoms with Gasteiger partial charge in [0.25, 0.3) is 0 Å². The fourth-order valence-electron chi connectivity index (χ4n) is 5.32. The maximum atomic E-state index is 11.8. The van der Waals surface area contributed by atoms with E-state index in [1.54, 1.807) is 0 Å². The minimum Gasteiger partial charge on any atom is -0.469 e. The van der Waals surface area contributed by atoms with Crippen LogP contribution in [0.5, 0.6) is 0 Å². The molecule has 0 aromatic heterocycles. The van der Waals surface area contributed by atoms with Crippen LogP contribution in [0.4, 0.5) is 0 Å². The molecule has 1 aromatic carbocycles. The van der Waals surface area contributed by atoms with Crippen LogP contribution in [-0.4, -0.2) is 38.8 Å². The Morgan fingerprint density at radius 2 is 1.77 bits per heavy atom. The van der Waals surface area contributed by atoms with Crippen LogP contribution < -0.4 is 0 Å². The summed E-state index contributed by atoms with van der Waals surface area (Å²) in [6.45, 7) is 15.1. The average Bonchev–Trinajstić information content (AvgIpc) is 3.18. The first kappa shape index (κ1) is 34.6. The van der Waals surface area contributed by atoms with Gasteiger partial charge >= 0.3 is 11.9 Å². The Hall–Kier alpha value is -1.63. The van der Waals surface area contributed by atoms with Crippen molar-refractivity contribution in [1.82, 2.24) is 0 Å². The smallest absolute Gasteiger partial charge is 0.305 e. The summed E-state index contributed by atoms with van der Waals surface area (Å²) in [4.78, 5) is 23.2. The summed E-state index contributed by atoms with van der Waals surface area (Å²) in [5, 5.41) is 0.123. The van der Waals surface area contributed by atoms with Gasteiger partial charge in [0.2, 0.25) is 0 Å². The lowest BCUT2D eigenvalue weighted by Crippen LogP contribution is -2.44. The van der Waals surface area contributed by atoms with Crippen molar-refractivity contribution in [3.05, 3.63) is 47.5 Å². The molecule has 2 rings (SSSR count). The molecule has 2 unspecified atom stereocenters. The van der Waals surface area contributed by atoms with Crippen LogP contribution in [0.2, 0.25) is 18.1 Å². The standard InChI is InChI=1S/C33H53ClO5Si/c1-9-10-13-17-29(38-24(2)35)25-19-21-26(22-20-25)32-27(16-14-11-12-15-18-31(36)37-6)28(34)23-30(32)39-40(7,8)33(3,4)5/h11,14,19-22,27-30,32H,9-10,12-13,15-18,23H2,1-8H3/t27?,28-,29?,30-,32-/m1/s1. The van der Waals surface area contributed by atoms with E-state index in [2.05, 4.69) is 77.2 Å². The fourth-order valence-corrected chi connectivity index (χ4v) is 7.11. The van der Waals surface area contributed by atoms with Gasteiger partial charge in [-0.3, -0.25) is 9.59 Å². The van der Waals surface area contributed by atoms with E-state index >= 15 is 0 Å². The van der Waals surface area contributed by atoms with E-state index in [0.29, 0.717) is 6.42 Å². The molecule has 1 aliphatic rings. The Balaban J connectivity index is 2.29. The molecule has 7 heteroatoms. The van der Waals surface area contributed by atoms with Gasteiger partial charge in [-0.2, -0.15) is 0 Å². The maximum absolute atomic E-state index is 11.8. The fraction of sp³-hybridized carbons (Fsp3) is 0.697. The first-order valence-corrected chi connectivity index (χ1v) is 18.5. The van der Waals surface area contributed by atoms with Crippen molar-refractivity contribution >= 4 is 31.9 Å². The molecule has 0 heterocycles. The maximum Gasteiger partial charge on any atom is 0.305 e. The van der Waals surface area contributed by atoms with Crippen LogP contribution >= 0.6 is 11.6 Å². The topological polar surface area (TPSA) is 61.8 Å². The quantitative estimate of drug-likeness (QED) is 0.0667. The highest BCUT2D eigenvalue weighted by Gasteiger charge is 2.48. The van der Waals surface area contributed by atoms with Crippen molar-refractivity contribution in [3.8, 4) is 0 Å². The second kappa shape index (κ2) is 16.1. The number of carbonyl (C=O) groups is 2. The molecule has 40 heavy (non-hydrogen) atoms. The van der Waals surface area contributed by atoms with Gasteiger partial charge in [-0.05, 0) is 73.7 Å². The molecule has 0 amide bonds. The molecule has 0 N–H and O–H groups in total. The van der Waals surface area contributed by atoms with Crippen molar-refractivity contribution in [2.75, 3.05) is 7.11 Å². The predicted molar refractivity (Wildman–Crippen MR) is 167 cm³/mol. The molecule has 226 valence electrons. The average molecular weight is 593 g/mol. The lowest BCUT2D eigenvalue weighted by molar-refractivity contribution is -0.147. The Morgan fingerprint density at radius 3 is 2.35 bits per heavy atom. The number of benzene rings is 1. The number of alkyl halides is 1. The van der Waals surface area contributed by atoms with Crippen LogP contribution in [0.3, 0.4) is 0 Å². The largest absolute Gasteiger partial charge is 0.469 e. The number of rotatable bonds is 15. The molecule has 0 saturated heterocycles. The van der Waals surface area contributed by atoms with Crippen molar-refractivity contribution in [2.24, 2.45) is 5.92 Å². The molecule has 1 fully saturated rings. The van der Waals surface area contributed by atoms with Crippen LogP contribution in [0, 0.1) is 5.92 Å². The molecule has 5 nitrogen and oxygen atoms in total. The summed E-state index contributed by atoms with van der Waals surface area (Å²) in [7, 11) is -0.584. The number of esters is 2. The van der Waals surface area contributed by atoms with Crippen LogP contribution in [0.1, 0.15) is 116 Å². The monoisotopic (exact) mass is 592 g/mol. The molecule has 0 aliphatic heterocycles. The number of hydrogen-bond acceptors (Lipinski definition) is 5. The number of allylic oxidation sites excluding steroid dienone is 2. The summed E-state index contributed by atoms with van der Waals surface area (Å²) in [6.07, 6.45) is 12.1. The molecule has 5 atom stereocenters. The highest BCUT2D eigenvalue weighted by molar-refractivity contribution is 6.74. The third-order valence-corrected chi connectivity index (χ3v) is 13.7. The highest BCUT2D eigenvalue weighted by Crippen LogP contribution is 2.49. The van der Waals surface area contributed by atoms with Gasteiger partial charge < -0.3 is 13.9 Å².